The Kier molecular flexibility index (Phi) is 3.99. The molecule has 0 bridgehead atoms. The van der Waals surface area contributed by atoms with E-state index in [1.54, 1.807) is 0 Å². The molecule has 0 unspecified atom stereocenters. The van der Waals surface area contributed by atoms with E-state index in [9.17, 15) is 14.4 Å². The Morgan fingerprint density at radius 3 is 2.50 bits per heavy atom. The summed E-state index contributed by atoms with van der Waals surface area (Å²) in [7, 11) is 0. The van der Waals surface area contributed by atoms with Crippen LogP contribution >= 0.6 is 15.9 Å². The molecule has 0 saturated carbocycles. The van der Waals surface area contributed by atoms with Crippen molar-refractivity contribution in [2.75, 3.05) is 5.32 Å². The summed E-state index contributed by atoms with van der Waals surface area (Å²) in [6, 6.07) is 6.87. The first-order valence-electron chi connectivity index (χ1n) is 5.50. The zero-order valence-corrected chi connectivity index (χ0v) is 11.6. The number of hydrogen-bond acceptors (Lipinski definition) is 3. The van der Waals surface area contributed by atoms with Crippen LogP contribution in [0, 0.1) is 0 Å². The van der Waals surface area contributed by atoms with Crippen LogP contribution in [0.4, 0.5) is 5.69 Å². The number of halogens is 1. The Bertz CT molecular complexity index is 739. The van der Waals surface area contributed by atoms with Crippen LogP contribution in [0.1, 0.15) is 20.7 Å². The molecule has 7 heteroatoms. The molecular weight excluding hydrogens is 328 g/mol. The summed E-state index contributed by atoms with van der Waals surface area (Å²) in [5.74, 6) is -1.52. The van der Waals surface area contributed by atoms with Crippen molar-refractivity contribution in [2.45, 2.75) is 0 Å². The van der Waals surface area contributed by atoms with Crippen molar-refractivity contribution in [3.05, 3.63) is 62.5 Å². The van der Waals surface area contributed by atoms with E-state index in [1.165, 1.54) is 36.5 Å². The molecule has 2 aromatic rings. The fraction of sp³-hybridized carbons (Fsp3) is 0. The van der Waals surface area contributed by atoms with Gasteiger partial charge in [0.25, 0.3) is 5.91 Å². The largest absolute Gasteiger partial charge is 0.478 e. The summed E-state index contributed by atoms with van der Waals surface area (Å²) in [4.78, 5) is 36.3. The molecule has 6 nitrogen and oxygen atoms in total. The molecule has 0 radical (unpaired) electrons. The third-order valence-electron chi connectivity index (χ3n) is 2.50. The summed E-state index contributed by atoms with van der Waals surface area (Å²) in [5.41, 5.74) is 0.354. The van der Waals surface area contributed by atoms with Gasteiger partial charge in [0.05, 0.1) is 11.3 Å². The molecule has 20 heavy (non-hydrogen) atoms. The number of benzene rings is 1. The van der Waals surface area contributed by atoms with Crippen LogP contribution in [0.15, 0.2) is 45.8 Å². The van der Waals surface area contributed by atoms with Gasteiger partial charge in [-0.15, -0.1) is 0 Å². The van der Waals surface area contributed by atoms with Crippen LogP contribution in [0.2, 0.25) is 0 Å². The number of nitrogens with one attached hydrogen (secondary N) is 2. The summed E-state index contributed by atoms with van der Waals surface area (Å²) in [6.45, 7) is 0. The molecule has 1 heterocycles. The van der Waals surface area contributed by atoms with Gasteiger partial charge in [0, 0.05) is 22.3 Å². The van der Waals surface area contributed by atoms with Crippen LogP contribution in [0.5, 0.6) is 0 Å². The number of carboxylic acids is 1. The number of hydrogen-bond donors (Lipinski definition) is 3. The molecule has 1 amide bonds. The number of H-pyrrole nitrogens is 1. The zero-order valence-electron chi connectivity index (χ0n) is 10.0. The second kappa shape index (κ2) is 5.70. The lowest BCUT2D eigenvalue weighted by molar-refractivity contribution is 0.0696. The standard InChI is InChI=1S/C13H9BrN2O4/c14-9-5-8(13(19)20)1-2-10(9)16-12(18)7-3-4-15-11(17)6-7/h1-6H,(H,15,17)(H,16,18)(H,19,20). The Balaban J connectivity index is 2.24. The van der Waals surface area contributed by atoms with E-state index in [2.05, 4.69) is 26.2 Å². The predicted molar refractivity (Wildman–Crippen MR) is 76.1 cm³/mol. The fourth-order valence-corrected chi connectivity index (χ4v) is 2.01. The highest BCUT2D eigenvalue weighted by Gasteiger charge is 2.11. The molecule has 0 atom stereocenters. The van der Waals surface area contributed by atoms with Crippen LogP contribution < -0.4 is 10.9 Å². The van der Waals surface area contributed by atoms with Crippen LogP contribution in [-0.2, 0) is 0 Å². The van der Waals surface area contributed by atoms with E-state index < -0.39 is 11.9 Å². The molecule has 0 aliphatic rings. The third-order valence-corrected chi connectivity index (χ3v) is 3.16. The van der Waals surface area contributed by atoms with E-state index in [0.717, 1.165) is 0 Å². The highest BCUT2D eigenvalue weighted by molar-refractivity contribution is 9.10. The van der Waals surface area contributed by atoms with Crippen molar-refractivity contribution in [1.82, 2.24) is 4.98 Å². The molecule has 1 aromatic carbocycles. The summed E-state index contributed by atoms with van der Waals surface area (Å²) < 4.78 is 0.440. The molecule has 0 spiro atoms. The average Bonchev–Trinajstić information content (AvgIpc) is 2.40. The number of amides is 1. The maximum Gasteiger partial charge on any atom is 0.335 e. The number of anilines is 1. The molecule has 1 aromatic heterocycles. The number of aromatic nitrogens is 1. The molecule has 0 fully saturated rings. The molecular formula is C13H9BrN2O4. The number of rotatable bonds is 3. The number of pyridine rings is 1. The minimum Gasteiger partial charge on any atom is -0.478 e. The zero-order chi connectivity index (χ0) is 14.7. The van der Waals surface area contributed by atoms with Crippen molar-refractivity contribution in [1.29, 1.82) is 0 Å². The van der Waals surface area contributed by atoms with E-state index in [1.807, 2.05) is 0 Å². The van der Waals surface area contributed by atoms with Crippen LogP contribution in [-0.4, -0.2) is 22.0 Å². The molecule has 2 rings (SSSR count). The minimum atomic E-state index is -1.06. The highest BCUT2D eigenvalue weighted by atomic mass is 79.9. The fourth-order valence-electron chi connectivity index (χ4n) is 1.53. The first-order chi connectivity index (χ1) is 9.47. The average molecular weight is 337 g/mol. The Morgan fingerprint density at radius 1 is 1.15 bits per heavy atom. The van der Waals surface area contributed by atoms with Crippen molar-refractivity contribution >= 4 is 33.5 Å². The van der Waals surface area contributed by atoms with Crippen LogP contribution in [0.25, 0.3) is 0 Å². The molecule has 3 N–H and O–H groups in total. The number of aromatic amines is 1. The van der Waals surface area contributed by atoms with Crippen molar-refractivity contribution < 1.29 is 14.7 Å². The van der Waals surface area contributed by atoms with Crippen molar-refractivity contribution in [2.24, 2.45) is 0 Å². The Labute approximate surface area is 121 Å². The molecule has 0 saturated heterocycles. The monoisotopic (exact) mass is 336 g/mol. The van der Waals surface area contributed by atoms with E-state index in [0.29, 0.717) is 10.2 Å². The summed E-state index contributed by atoms with van der Waals surface area (Å²) >= 11 is 3.18. The van der Waals surface area contributed by atoms with E-state index in [4.69, 9.17) is 5.11 Å². The lowest BCUT2D eigenvalue weighted by atomic mass is 10.2. The molecule has 102 valence electrons. The van der Waals surface area contributed by atoms with E-state index in [-0.39, 0.29) is 16.7 Å². The van der Waals surface area contributed by atoms with Gasteiger partial charge in [0.2, 0.25) is 5.56 Å². The summed E-state index contributed by atoms with van der Waals surface area (Å²) in [6.07, 6.45) is 1.37. The van der Waals surface area contributed by atoms with Gasteiger partial charge in [0.1, 0.15) is 0 Å². The smallest absolute Gasteiger partial charge is 0.335 e. The third kappa shape index (κ3) is 3.12. The van der Waals surface area contributed by atoms with Gasteiger partial charge in [-0.25, -0.2) is 4.79 Å². The van der Waals surface area contributed by atoms with Gasteiger partial charge < -0.3 is 15.4 Å². The lowest BCUT2D eigenvalue weighted by Crippen LogP contribution is -2.16. The molecule has 0 aliphatic carbocycles. The first-order valence-corrected chi connectivity index (χ1v) is 6.29. The number of aromatic carboxylic acids is 1. The quantitative estimate of drug-likeness (QED) is 0.798. The van der Waals surface area contributed by atoms with Crippen molar-refractivity contribution in [3.8, 4) is 0 Å². The van der Waals surface area contributed by atoms with Gasteiger partial charge in [-0.3, -0.25) is 9.59 Å². The van der Waals surface area contributed by atoms with Gasteiger partial charge in [-0.05, 0) is 40.2 Å². The van der Waals surface area contributed by atoms with Gasteiger partial charge in [-0.1, -0.05) is 0 Å². The number of carbonyl (C=O) groups is 2. The number of carboxylic acid groups (broad SMARTS) is 1. The topological polar surface area (TPSA) is 99.3 Å². The predicted octanol–water partition coefficient (Wildman–Crippen LogP) is 2.09. The maximum absolute atomic E-state index is 11.9. The normalized spacial score (nSPS) is 10.1. The van der Waals surface area contributed by atoms with Crippen LogP contribution in [0.3, 0.4) is 0 Å². The van der Waals surface area contributed by atoms with Gasteiger partial charge in [-0.2, -0.15) is 0 Å². The Morgan fingerprint density at radius 2 is 1.90 bits per heavy atom. The SMILES string of the molecule is O=C(O)c1ccc(NC(=O)c2cc[nH]c(=O)c2)c(Br)c1. The highest BCUT2D eigenvalue weighted by Crippen LogP contribution is 2.24. The second-order valence-electron chi connectivity index (χ2n) is 3.90. The summed E-state index contributed by atoms with van der Waals surface area (Å²) in [5, 5.41) is 11.4. The van der Waals surface area contributed by atoms with Gasteiger partial charge >= 0.3 is 5.97 Å². The lowest BCUT2D eigenvalue weighted by Gasteiger charge is -2.08. The van der Waals surface area contributed by atoms with Gasteiger partial charge in [0.15, 0.2) is 0 Å². The number of carbonyl (C=O) groups excluding carboxylic acids is 1. The Hall–Kier alpha value is -2.41. The van der Waals surface area contributed by atoms with E-state index >= 15 is 0 Å². The second-order valence-corrected chi connectivity index (χ2v) is 4.75. The molecule has 0 aliphatic heterocycles. The van der Waals surface area contributed by atoms with Crippen molar-refractivity contribution in [3.63, 3.8) is 0 Å². The minimum absolute atomic E-state index is 0.103. The maximum atomic E-state index is 11.9. The first kappa shape index (κ1) is 14.0.